The number of β-lactam (4-membered cyclic amide) rings is 1. The molecule has 0 aromatic heterocycles. The highest BCUT2D eigenvalue weighted by atomic mass is 19.1. The lowest BCUT2D eigenvalue weighted by Gasteiger charge is -2.44. The number of carbonyl (C=O) groups excluding carboxylic acids is 1. The minimum atomic E-state index is -1.16. The van der Waals surface area contributed by atoms with E-state index in [2.05, 4.69) is 5.32 Å². The van der Waals surface area contributed by atoms with Crippen molar-refractivity contribution in [2.24, 2.45) is 5.92 Å². The Balaban J connectivity index is 1.90. The quantitative estimate of drug-likeness (QED) is 0.616. The molecule has 1 amide bonds. The van der Waals surface area contributed by atoms with Gasteiger partial charge in [0.05, 0.1) is 18.1 Å². The molecule has 5 atom stereocenters. The molecule has 3 N–H and O–H groups in total. The molecular formula is C13H17FN2O4. The van der Waals surface area contributed by atoms with Gasteiger partial charge >= 0.3 is 5.97 Å². The summed E-state index contributed by atoms with van der Waals surface area (Å²) < 4.78 is 13.3. The summed E-state index contributed by atoms with van der Waals surface area (Å²) in [5.74, 6) is -2.07. The first kappa shape index (κ1) is 13.5. The molecule has 3 aliphatic heterocycles. The highest BCUT2D eigenvalue weighted by Crippen LogP contribution is 2.45. The van der Waals surface area contributed by atoms with Crippen LogP contribution in [0.1, 0.15) is 19.8 Å². The van der Waals surface area contributed by atoms with E-state index < -0.39 is 24.2 Å². The van der Waals surface area contributed by atoms with E-state index in [1.54, 1.807) is 0 Å². The van der Waals surface area contributed by atoms with Crippen LogP contribution in [-0.2, 0) is 9.59 Å². The molecule has 3 heterocycles. The summed E-state index contributed by atoms with van der Waals surface area (Å²) in [5.41, 5.74) is 0.558. The van der Waals surface area contributed by atoms with Crippen molar-refractivity contribution in [3.8, 4) is 0 Å². The van der Waals surface area contributed by atoms with Gasteiger partial charge in [0.15, 0.2) is 0 Å². The van der Waals surface area contributed by atoms with Crippen molar-refractivity contribution in [2.75, 3.05) is 6.54 Å². The van der Waals surface area contributed by atoms with Gasteiger partial charge in [-0.2, -0.15) is 0 Å². The Labute approximate surface area is 115 Å². The highest BCUT2D eigenvalue weighted by molar-refractivity contribution is 5.99. The van der Waals surface area contributed by atoms with Crippen LogP contribution in [0.15, 0.2) is 11.3 Å². The van der Waals surface area contributed by atoms with Gasteiger partial charge in [-0.25, -0.2) is 9.18 Å². The number of halogens is 1. The van der Waals surface area contributed by atoms with Crippen LogP contribution in [-0.4, -0.2) is 57.9 Å². The number of carboxylic acid groups (broad SMARTS) is 1. The molecule has 0 aliphatic carbocycles. The molecular weight excluding hydrogens is 267 g/mol. The predicted molar refractivity (Wildman–Crippen MR) is 66.4 cm³/mol. The molecule has 0 aromatic rings. The standard InChI is InChI=1S/C13H17FN2O4/c1-5(17)10-9-3-7(8-2-6(14)4-15-8)11(13(19)20)16(9)12(10)18/h5-6,8-10,15,17H,2-4H2,1H3,(H,19,20)/t5-,6?,8+,9-,10-/m1/s1. The Hall–Kier alpha value is -1.47. The SMILES string of the molecule is C[C@@H](O)[C@H]1C(=O)N2C(C(=O)O)=C([C@@H]3CC(F)CN3)C[C@H]12. The first-order valence-electron chi connectivity index (χ1n) is 6.76. The molecule has 1 unspecified atom stereocenters. The molecule has 0 bridgehead atoms. The fourth-order valence-corrected chi connectivity index (χ4v) is 3.57. The lowest BCUT2D eigenvalue weighted by Crippen LogP contribution is -2.61. The number of hydrogen-bond donors (Lipinski definition) is 3. The number of rotatable bonds is 3. The van der Waals surface area contributed by atoms with Gasteiger partial charge in [-0.05, 0) is 25.3 Å². The number of aliphatic hydroxyl groups excluding tert-OH is 1. The largest absolute Gasteiger partial charge is 0.477 e. The number of carbonyl (C=O) groups is 2. The minimum absolute atomic E-state index is 0.0245. The van der Waals surface area contributed by atoms with Gasteiger partial charge in [0, 0.05) is 12.6 Å². The number of nitrogens with zero attached hydrogens (tertiary/aromatic N) is 1. The molecule has 7 heteroatoms. The van der Waals surface area contributed by atoms with Crippen LogP contribution in [0.25, 0.3) is 0 Å². The van der Waals surface area contributed by atoms with Crippen LogP contribution in [0.5, 0.6) is 0 Å². The lowest BCUT2D eigenvalue weighted by molar-refractivity contribution is -0.161. The maximum Gasteiger partial charge on any atom is 0.352 e. The summed E-state index contributed by atoms with van der Waals surface area (Å²) in [4.78, 5) is 24.7. The zero-order chi connectivity index (χ0) is 14.6. The van der Waals surface area contributed by atoms with Crippen molar-refractivity contribution < 1.29 is 24.2 Å². The molecule has 2 saturated heterocycles. The van der Waals surface area contributed by atoms with Crippen LogP contribution < -0.4 is 5.32 Å². The topological polar surface area (TPSA) is 89.9 Å². The Morgan fingerprint density at radius 1 is 1.55 bits per heavy atom. The molecule has 0 spiro atoms. The van der Waals surface area contributed by atoms with Crippen molar-refractivity contribution in [1.29, 1.82) is 0 Å². The summed E-state index contributed by atoms with van der Waals surface area (Å²) in [6, 6.07) is -0.631. The summed E-state index contributed by atoms with van der Waals surface area (Å²) >= 11 is 0. The fourth-order valence-electron chi connectivity index (χ4n) is 3.57. The third-order valence-electron chi connectivity index (χ3n) is 4.46. The number of aliphatic carboxylic acids is 1. The van der Waals surface area contributed by atoms with E-state index in [-0.39, 0.29) is 36.7 Å². The van der Waals surface area contributed by atoms with E-state index in [1.807, 2.05) is 0 Å². The van der Waals surface area contributed by atoms with E-state index >= 15 is 0 Å². The number of carboxylic acids is 1. The van der Waals surface area contributed by atoms with E-state index in [1.165, 1.54) is 11.8 Å². The first-order valence-corrected chi connectivity index (χ1v) is 6.76. The smallest absolute Gasteiger partial charge is 0.352 e. The normalized spacial score (nSPS) is 38.0. The molecule has 0 aromatic carbocycles. The zero-order valence-corrected chi connectivity index (χ0v) is 11.0. The Morgan fingerprint density at radius 2 is 2.25 bits per heavy atom. The van der Waals surface area contributed by atoms with E-state index in [0.29, 0.717) is 12.0 Å². The van der Waals surface area contributed by atoms with Crippen LogP contribution in [0.3, 0.4) is 0 Å². The fraction of sp³-hybridized carbons (Fsp3) is 0.692. The number of fused-ring (bicyclic) bond motifs is 1. The lowest BCUT2D eigenvalue weighted by atomic mass is 9.82. The molecule has 6 nitrogen and oxygen atoms in total. The monoisotopic (exact) mass is 284 g/mol. The van der Waals surface area contributed by atoms with Crippen LogP contribution >= 0.6 is 0 Å². The second kappa shape index (κ2) is 4.53. The van der Waals surface area contributed by atoms with Gasteiger partial charge in [-0.3, -0.25) is 4.79 Å². The highest BCUT2D eigenvalue weighted by Gasteiger charge is 2.57. The van der Waals surface area contributed by atoms with Gasteiger partial charge in [0.1, 0.15) is 11.9 Å². The van der Waals surface area contributed by atoms with Gasteiger partial charge < -0.3 is 20.4 Å². The minimum Gasteiger partial charge on any atom is -0.477 e. The molecule has 0 saturated carbocycles. The average molecular weight is 284 g/mol. The molecule has 20 heavy (non-hydrogen) atoms. The Kier molecular flexibility index (Phi) is 3.06. The van der Waals surface area contributed by atoms with Crippen LogP contribution in [0, 0.1) is 5.92 Å². The van der Waals surface area contributed by atoms with Gasteiger partial charge in [-0.1, -0.05) is 0 Å². The van der Waals surface area contributed by atoms with Crippen molar-refractivity contribution in [3.05, 3.63) is 11.3 Å². The van der Waals surface area contributed by atoms with E-state index in [0.717, 1.165) is 0 Å². The molecule has 3 aliphatic rings. The summed E-state index contributed by atoms with van der Waals surface area (Å²) in [7, 11) is 0. The number of hydrogen-bond acceptors (Lipinski definition) is 4. The molecule has 110 valence electrons. The number of amides is 1. The third-order valence-corrected chi connectivity index (χ3v) is 4.46. The van der Waals surface area contributed by atoms with Gasteiger partial charge in [0.25, 0.3) is 0 Å². The van der Waals surface area contributed by atoms with Gasteiger partial charge in [0.2, 0.25) is 5.91 Å². The Bertz CT molecular complexity index is 505. The number of nitrogens with one attached hydrogen (secondary N) is 1. The summed E-state index contributed by atoms with van der Waals surface area (Å²) in [6.07, 6.45) is -1.16. The van der Waals surface area contributed by atoms with E-state index in [9.17, 15) is 24.2 Å². The summed E-state index contributed by atoms with van der Waals surface area (Å²) in [6.45, 7) is 1.74. The zero-order valence-electron chi connectivity index (χ0n) is 11.0. The summed E-state index contributed by atoms with van der Waals surface area (Å²) in [5, 5.41) is 21.9. The second-order valence-corrected chi connectivity index (χ2v) is 5.72. The van der Waals surface area contributed by atoms with Crippen molar-refractivity contribution in [2.45, 2.75) is 44.1 Å². The van der Waals surface area contributed by atoms with E-state index in [4.69, 9.17) is 0 Å². The van der Waals surface area contributed by atoms with Crippen molar-refractivity contribution in [3.63, 3.8) is 0 Å². The number of aliphatic hydroxyl groups is 1. The van der Waals surface area contributed by atoms with Crippen LogP contribution in [0.2, 0.25) is 0 Å². The Morgan fingerprint density at radius 3 is 2.75 bits per heavy atom. The first-order chi connectivity index (χ1) is 9.41. The van der Waals surface area contributed by atoms with Gasteiger partial charge in [-0.15, -0.1) is 0 Å². The maximum atomic E-state index is 13.3. The third kappa shape index (κ3) is 1.76. The number of alkyl halides is 1. The van der Waals surface area contributed by atoms with Crippen LogP contribution in [0.4, 0.5) is 4.39 Å². The molecule has 3 rings (SSSR count). The molecule has 2 fully saturated rings. The predicted octanol–water partition coefficient (Wildman–Crippen LogP) is -0.363. The van der Waals surface area contributed by atoms with Crippen molar-refractivity contribution >= 4 is 11.9 Å². The maximum absolute atomic E-state index is 13.3. The average Bonchev–Trinajstić information content (AvgIpc) is 2.90. The molecule has 0 radical (unpaired) electrons. The van der Waals surface area contributed by atoms with Crippen molar-refractivity contribution in [1.82, 2.24) is 10.2 Å². The second-order valence-electron chi connectivity index (χ2n) is 5.72.